The Morgan fingerprint density at radius 1 is 1.08 bits per heavy atom. The first kappa shape index (κ1) is 11.9. The molecular formula is C10H23NO. The van der Waals surface area contributed by atoms with Gasteiger partial charge in [-0.3, -0.25) is 0 Å². The fraction of sp³-hybridized carbons (Fsp3) is 1.00. The Labute approximate surface area is 76.4 Å². The summed E-state index contributed by atoms with van der Waals surface area (Å²) in [5.41, 5.74) is -0.640. The van der Waals surface area contributed by atoms with E-state index < -0.39 is 5.60 Å². The summed E-state index contributed by atoms with van der Waals surface area (Å²) >= 11 is 0. The van der Waals surface area contributed by atoms with Crippen molar-refractivity contribution >= 4 is 0 Å². The van der Waals surface area contributed by atoms with E-state index in [1.54, 1.807) is 0 Å². The van der Waals surface area contributed by atoms with Crippen molar-refractivity contribution in [3.05, 3.63) is 0 Å². The van der Waals surface area contributed by atoms with Crippen molar-refractivity contribution in [3.63, 3.8) is 0 Å². The van der Waals surface area contributed by atoms with Gasteiger partial charge in [0.1, 0.15) is 0 Å². The van der Waals surface area contributed by atoms with Gasteiger partial charge in [0.15, 0.2) is 0 Å². The number of hydrogen-bond acceptors (Lipinski definition) is 2. The van der Waals surface area contributed by atoms with Gasteiger partial charge < -0.3 is 10.4 Å². The highest BCUT2D eigenvalue weighted by Crippen LogP contribution is 2.16. The molecule has 2 nitrogen and oxygen atoms in total. The van der Waals surface area contributed by atoms with Crippen LogP contribution in [0.15, 0.2) is 0 Å². The average molecular weight is 173 g/mol. The minimum absolute atomic E-state index is 0.164. The van der Waals surface area contributed by atoms with Gasteiger partial charge in [-0.1, -0.05) is 27.7 Å². The molecule has 2 heteroatoms. The third-order valence-electron chi connectivity index (χ3n) is 1.94. The highest BCUT2D eigenvalue weighted by Gasteiger charge is 2.29. The van der Waals surface area contributed by atoms with E-state index in [0.29, 0.717) is 12.0 Å². The second-order valence-corrected chi connectivity index (χ2v) is 4.70. The molecule has 74 valence electrons. The third-order valence-corrected chi connectivity index (χ3v) is 1.94. The van der Waals surface area contributed by atoms with Gasteiger partial charge in [0.05, 0.1) is 5.60 Å². The van der Waals surface area contributed by atoms with Gasteiger partial charge in [0.25, 0.3) is 0 Å². The Balaban J connectivity index is 4.25. The molecule has 12 heavy (non-hydrogen) atoms. The number of rotatable bonds is 4. The van der Waals surface area contributed by atoms with E-state index in [4.69, 9.17) is 0 Å². The standard InChI is InChI=1S/C10H23NO/c1-7(2)9(10(5,6)12)11-8(3)4/h7-9,11-12H,1-6H3. The van der Waals surface area contributed by atoms with Crippen molar-refractivity contribution in [3.8, 4) is 0 Å². The number of nitrogens with one attached hydrogen (secondary N) is 1. The quantitative estimate of drug-likeness (QED) is 0.679. The Bertz CT molecular complexity index is 124. The molecule has 0 saturated heterocycles. The van der Waals surface area contributed by atoms with Crippen molar-refractivity contribution in [2.45, 2.75) is 59.2 Å². The Hall–Kier alpha value is -0.0800. The van der Waals surface area contributed by atoms with Crippen molar-refractivity contribution in [2.24, 2.45) is 5.92 Å². The van der Waals surface area contributed by atoms with Gasteiger partial charge in [0, 0.05) is 12.1 Å². The van der Waals surface area contributed by atoms with Crippen molar-refractivity contribution in [1.29, 1.82) is 0 Å². The van der Waals surface area contributed by atoms with E-state index in [0.717, 1.165) is 0 Å². The maximum absolute atomic E-state index is 9.83. The second kappa shape index (κ2) is 4.24. The van der Waals surface area contributed by atoms with Gasteiger partial charge in [-0.2, -0.15) is 0 Å². The molecule has 0 radical (unpaired) electrons. The first-order valence-corrected chi connectivity index (χ1v) is 4.73. The van der Waals surface area contributed by atoms with Gasteiger partial charge in [0.2, 0.25) is 0 Å². The Kier molecular flexibility index (Phi) is 4.21. The fourth-order valence-corrected chi connectivity index (χ4v) is 1.57. The van der Waals surface area contributed by atoms with Crippen LogP contribution in [-0.2, 0) is 0 Å². The topological polar surface area (TPSA) is 32.3 Å². The first-order valence-electron chi connectivity index (χ1n) is 4.73. The molecule has 0 aliphatic rings. The molecule has 0 aromatic carbocycles. The maximum atomic E-state index is 9.83. The molecule has 1 atom stereocenters. The third kappa shape index (κ3) is 4.07. The minimum atomic E-state index is -0.640. The van der Waals surface area contributed by atoms with Crippen LogP contribution >= 0.6 is 0 Å². The summed E-state index contributed by atoms with van der Waals surface area (Å²) in [5.74, 6) is 0.451. The van der Waals surface area contributed by atoms with Crippen LogP contribution in [0.25, 0.3) is 0 Å². The summed E-state index contributed by atoms with van der Waals surface area (Å²) in [6, 6.07) is 0.585. The van der Waals surface area contributed by atoms with Crippen molar-refractivity contribution in [2.75, 3.05) is 0 Å². The molecule has 0 aromatic heterocycles. The predicted octanol–water partition coefficient (Wildman–Crippen LogP) is 1.78. The van der Waals surface area contributed by atoms with Crippen LogP contribution in [0.3, 0.4) is 0 Å². The lowest BCUT2D eigenvalue weighted by molar-refractivity contribution is 0.0169. The smallest absolute Gasteiger partial charge is 0.0746 e. The van der Waals surface area contributed by atoms with Crippen molar-refractivity contribution < 1.29 is 5.11 Å². The zero-order valence-electron chi connectivity index (χ0n) is 9.18. The van der Waals surface area contributed by atoms with Gasteiger partial charge >= 0.3 is 0 Å². The van der Waals surface area contributed by atoms with E-state index in [1.165, 1.54) is 0 Å². The zero-order chi connectivity index (χ0) is 9.94. The number of aliphatic hydroxyl groups is 1. The summed E-state index contributed by atoms with van der Waals surface area (Å²) in [4.78, 5) is 0. The molecule has 0 aromatic rings. The monoisotopic (exact) mass is 173 g/mol. The molecule has 0 fully saturated rings. The second-order valence-electron chi connectivity index (χ2n) is 4.70. The lowest BCUT2D eigenvalue weighted by Crippen LogP contribution is -2.52. The van der Waals surface area contributed by atoms with Gasteiger partial charge in [-0.15, -0.1) is 0 Å². The van der Waals surface area contributed by atoms with Crippen LogP contribution in [-0.4, -0.2) is 22.8 Å². The van der Waals surface area contributed by atoms with Gasteiger partial charge in [-0.25, -0.2) is 0 Å². The Morgan fingerprint density at radius 3 is 1.58 bits per heavy atom. The van der Waals surface area contributed by atoms with Crippen LogP contribution in [0, 0.1) is 5.92 Å². The lowest BCUT2D eigenvalue weighted by Gasteiger charge is -2.35. The molecule has 0 rings (SSSR count). The molecule has 0 aliphatic heterocycles. The summed E-state index contributed by atoms with van der Waals surface area (Å²) < 4.78 is 0. The summed E-state index contributed by atoms with van der Waals surface area (Å²) in [7, 11) is 0. The highest BCUT2D eigenvalue weighted by molar-refractivity contribution is 4.86. The highest BCUT2D eigenvalue weighted by atomic mass is 16.3. The number of hydrogen-bond donors (Lipinski definition) is 2. The van der Waals surface area contributed by atoms with Crippen LogP contribution in [0.5, 0.6) is 0 Å². The van der Waals surface area contributed by atoms with E-state index in [2.05, 4.69) is 33.0 Å². The van der Waals surface area contributed by atoms with E-state index >= 15 is 0 Å². The molecule has 1 unspecified atom stereocenters. The van der Waals surface area contributed by atoms with Crippen LogP contribution in [0.1, 0.15) is 41.5 Å². The predicted molar refractivity (Wildman–Crippen MR) is 53.2 cm³/mol. The molecular weight excluding hydrogens is 150 g/mol. The van der Waals surface area contributed by atoms with Crippen molar-refractivity contribution in [1.82, 2.24) is 5.32 Å². The van der Waals surface area contributed by atoms with Gasteiger partial charge in [-0.05, 0) is 19.8 Å². The molecule has 0 aliphatic carbocycles. The molecule has 0 heterocycles. The minimum Gasteiger partial charge on any atom is -0.389 e. The Morgan fingerprint density at radius 2 is 1.50 bits per heavy atom. The molecule has 0 spiro atoms. The summed E-state index contributed by atoms with van der Waals surface area (Å²) in [6.07, 6.45) is 0. The van der Waals surface area contributed by atoms with Crippen LogP contribution in [0.4, 0.5) is 0 Å². The van der Waals surface area contributed by atoms with E-state index in [9.17, 15) is 5.11 Å². The molecule has 0 bridgehead atoms. The summed E-state index contributed by atoms with van der Waals surface area (Å²) in [6.45, 7) is 12.2. The molecule has 0 saturated carbocycles. The average Bonchev–Trinajstić information content (AvgIpc) is 1.79. The maximum Gasteiger partial charge on any atom is 0.0746 e. The fourth-order valence-electron chi connectivity index (χ4n) is 1.57. The van der Waals surface area contributed by atoms with E-state index in [-0.39, 0.29) is 6.04 Å². The van der Waals surface area contributed by atoms with E-state index in [1.807, 2.05) is 13.8 Å². The SMILES string of the molecule is CC(C)NC(C(C)C)C(C)(C)O. The lowest BCUT2D eigenvalue weighted by atomic mass is 9.89. The normalized spacial score (nSPS) is 15.8. The molecule has 2 N–H and O–H groups in total. The zero-order valence-corrected chi connectivity index (χ0v) is 9.18. The first-order chi connectivity index (χ1) is 5.25. The summed E-state index contributed by atoms with van der Waals surface area (Å²) in [5, 5.41) is 13.2. The molecule has 0 amide bonds. The largest absolute Gasteiger partial charge is 0.389 e. The van der Waals surface area contributed by atoms with Crippen LogP contribution < -0.4 is 5.32 Å². The van der Waals surface area contributed by atoms with Crippen LogP contribution in [0.2, 0.25) is 0 Å².